The maximum Gasteiger partial charge on any atom is 0.183 e. The number of nitrogens with one attached hydrogen (secondary N) is 1. The molecule has 4 rings (SSSR count). The maximum atomic E-state index is 12.1. The lowest BCUT2D eigenvalue weighted by Gasteiger charge is -2.34. The second-order valence-corrected chi connectivity index (χ2v) is 8.34. The third-order valence-corrected chi connectivity index (χ3v) is 6.19. The van der Waals surface area contributed by atoms with E-state index in [1.807, 2.05) is 5.38 Å². The minimum Gasteiger partial charge on any atom is -0.361 e. The van der Waals surface area contributed by atoms with Crippen molar-refractivity contribution in [2.75, 3.05) is 25.0 Å². The number of fused-ring (bicyclic) bond motifs is 1. The minimum absolute atomic E-state index is 0.0879. The summed E-state index contributed by atoms with van der Waals surface area (Å²) < 4.78 is 0. The van der Waals surface area contributed by atoms with Crippen LogP contribution >= 0.6 is 11.3 Å². The number of pyridine rings is 1. The zero-order valence-electron chi connectivity index (χ0n) is 15.8. The average molecular weight is 384 g/mol. The summed E-state index contributed by atoms with van der Waals surface area (Å²) in [6.45, 7) is 7.85. The lowest BCUT2D eigenvalue weighted by atomic mass is 9.96. The van der Waals surface area contributed by atoms with E-state index in [0.29, 0.717) is 35.3 Å². The molecule has 0 saturated carbocycles. The number of likely N-dealkylation sites (tertiary alicyclic amines) is 1. The van der Waals surface area contributed by atoms with E-state index in [9.17, 15) is 4.79 Å². The molecule has 27 heavy (non-hydrogen) atoms. The number of rotatable bonds is 5. The molecule has 0 bridgehead atoms. The summed E-state index contributed by atoms with van der Waals surface area (Å²) in [7, 11) is 0. The number of carbonyl (C=O) groups excluding carboxylic acids is 1. The molecule has 2 aromatic rings. The van der Waals surface area contributed by atoms with Crippen LogP contribution < -0.4 is 5.32 Å². The van der Waals surface area contributed by atoms with E-state index in [2.05, 4.69) is 34.0 Å². The molecule has 1 saturated heterocycles. The van der Waals surface area contributed by atoms with Gasteiger partial charge in [0.15, 0.2) is 10.9 Å². The lowest BCUT2D eigenvalue weighted by Crippen LogP contribution is -2.39. The Morgan fingerprint density at radius 2 is 2.15 bits per heavy atom. The Hall–Kier alpha value is -2.12. The number of aliphatic imine (C=N–C) groups is 1. The molecule has 0 spiro atoms. The zero-order chi connectivity index (χ0) is 18.8. The van der Waals surface area contributed by atoms with Crippen molar-refractivity contribution in [1.29, 1.82) is 0 Å². The predicted octanol–water partition coefficient (Wildman–Crippen LogP) is 4.03. The molecular weight excluding hydrogens is 358 g/mol. The molecule has 2 aliphatic heterocycles. The van der Waals surface area contributed by atoms with Gasteiger partial charge in [-0.2, -0.15) is 0 Å². The SMILES string of the molecule is CC(C)N1CCC(CNc2nc(-c3nccc4c3N=CCC4=O)cs2)CC1. The normalized spacial score (nSPS) is 18.1. The van der Waals surface area contributed by atoms with Crippen LogP contribution in [0.5, 0.6) is 0 Å². The van der Waals surface area contributed by atoms with Gasteiger partial charge in [0.05, 0.1) is 0 Å². The van der Waals surface area contributed by atoms with Gasteiger partial charge in [0.2, 0.25) is 0 Å². The minimum atomic E-state index is 0.0879. The molecule has 0 aliphatic carbocycles. The number of anilines is 1. The summed E-state index contributed by atoms with van der Waals surface area (Å²) in [6, 6.07) is 2.38. The van der Waals surface area contributed by atoms with Gasteiger partial charge >= 0.3 is 0 Å². The Morgan fingerprint density at radius 3 is 2.93 bits per heavy atom. The van der Waals surface area contributed by atoms with E-state index >= 15 is 0 Å². The first-order valence-corrected chi connectivity index (χ1v) is 10.5. The number of hydrogen-bond acceptors (Lipinski definition) is 7. The van der Waals surface area contributed by atoms with Gasteiger partial charge in [0, 0.05) is 42.4 Å². The van der Waals surface area contributed by atoms with E-state index in [1.165, 1.54) is 25.9 Å². The first kappa shape index (κ1) is 18.3. The van der Waals surface area contributed by atoms with Crippen LogP contribution in [-0.4, -0.2) is 52.5 Å². The van der Waals surface area contributed by atoms with Crippen LogP contribution in [0.3, 0.4) is 0 Å². The highest BCUT2D eigenvalue weighted by Crippen LogP contribution is 2.35. The van der Waals surface area contributed by atoms with Crippen molar-refractivity contribution in [1.82, 2.24) is 14.9 Å². The van der Waals surface area contributed by atoms with Crippen molar-refractivity contribution in [2.45, 2.75) is 39.2 Å². The molecule has 1 fully saturated rings. The summed E-state index contributed by atoms with van der Waals surface area (Å²) in [5.41, 5.74) is 2.75. The van der Waals surface area contributed by atoms with Crippen LogP contribution in [-0.2, 0) is 0 Å². The first-order chi connectivity index (χ1) is 13.1. The van der Waals surface area contributed by atoms with E-state index < -0.39 is 0 Å². The molecule has 0 amide bonds. The van der Waals surface area contributed by atoms with Gasteiger partial charge in [0.1, 0.15) is 17.1 Å². The standard InChI is InChI=1S/C20H25N5OS/c1-13(2)25-9-5-14(6-10-25)11-23-20-24-16(12-27-20)19-18-15(3-7-22-19)17(26)4-8-21-18/h3,7-8,12-14H,4-6,9-11H2,1-2H3,(H,23,24). The van der Waals surface area contributed by atoms with Crippen LogP contribution in [0.1, 0.15) is 43.5 Å². The number of thiazole rings is 1. The Balaban J connectivity index is 1.41. The van der Waals surface area contributed by atoms with Crippen molar-refractivity contribution in [2.24, 2.45) is 10.9 Å². The Kier molecular flexibility index (Phi) is 5.31. The second-order valence-electron chi connectivity index (χ2n) is 7.49. The van der Waals surface area contributed by atoms with Gasteiger partial charge in [0.25, 0.3) is 0 Å². The third-order valence-electron chi connectivity index (χ3n) is 5.39. The van der Waals surface area contributed by atoms with E-state index in [-0.39, 0.29) is 5.78 Å². The van der Waals surface area contributed by atoms with Crippen molar-refractivity contribution >= 4 is 34.2 Å². The number of ketones is 1. The number of Topliss-reactive ketones (excluding diaryl/α,β-unsaturated/α-hetero) is 1. The van der Waals surface area contributed by atoms with Crippen LogP contribution in [0.15, 0.2) is 22.6 Å². The van der Waals surface area contributed by atoms with Crippen LogP contribution in [0.2, 0.25) is 0 Å². The van der Waals surface area contributed by atoms with E-state index in [1.54, 1.807) is 29.8 Å². The molecule has 2 aromatic heterocycles. The van der Waals surface area contributed by atoms with E-state index in [4.69, 9.17) is 4.98 Å². The fourth-order valence-corrected chi connectivity index (χ4v) is 4.40. The van der Waals surface area contributed by atoms with E-state index in [0.717, 1.165) is 17.4 Å². The molecule has 1 N–H and O–H groups in total. The van der Waals surface area contributed by atoms with Gasteiger partial charge in [-0.15, -0.1) is 11.3 Å². The van der Waals surface area contributed by atoms with Gasteiger partial charge in [-0.3, -0.25) is 14.8 Å². The van der Waals surface area contributed by atoms with Gasteiger partial charge in [-0.25, -0.2) is 4.98 Å². The van der Waals surface area contributed by atoms with Crippen LogP contribution in [0.4, 0.5) is 10.8 Å². The molecule has 0 aromatic carbocycles. The fraction of sp³-hybridized carbons (Fsp3) is 0.500. The highest BCUT2D eigenvalue weighted by atomic mass is 32.1. The molecule has 142 valence electrons. The molecule has 7 heteroatoms. The highest BCUT2D eigenvalue weighted by molar-refractivity contribution is 7.14. The Morgan fingerprint density at radius 1 is 1.33 bits per heavy atom. The first-order valence-electron chi connectivity index (χ1n) is 9.60. The monoisotopic (exact) mass is 383 g/mol. The molecule has 0 atom stereocenters. The van der Waals surface area contributed by atoms with Crippen molar-refractivity contribution < 1.29 is 4.79 Å². The Bertz CT molecular complexity index is 852. The van der Waals surface area contributed by atoms with Crippen LogP contribution in [0.25, 0.3) is 11.4 Å². The number of hydrogen-bond donors (Lipinski definition) is 1. The summed E-state index contributed by atoms with van der Waals surface area (Å²) in [6.07, 6.45) is 6.14. The summed E-state index contributed by atoms with van der Waals surface area (Å²) in [4.78, 5) is 28.1. The number of carbonyl (C=O) groups is 1. The average Bonchev–Trinajstić information content (AvgIpc) is 3.15. The second kappa shape index (κ2) is 7.86. The summed E-state index contributed by atoms with van der Waals surface area (Å²) >= 11 is 1.58. The molecular formula is C20H25N5OS. The lowest BCUT2D eigenvalue weighted by molar-refractivity contribution is 0.100. The van der Waals surface area contributed by atoms with Crippen LogP contribution in [0, 0.1) is 5.92 Å². The fourth-order valence-electron chi connectivity index (χ4n) is 3.70. The third kappa shape index (κ3) is 3.94. The molecule has 0 unspecified atom stereocenters. The Labute approximate surface area is 163 Å². The topological polar surface area (TPSA) is 70.5 Å². The smallest absolute Gasteiger partial charge is 0.183 e. The summed E-state index contributed by atoms with van der Waals surface area (Å²) in [5.74, 6) is 0.780. The molecule has 6 nitrogen and oxygen atoms in total. The van der Waals surface area contributed by atoms with Crippen molar-refractivity contribution in [3.05, 3.63) is 23.2 Å². The highest BCUT2D eigenvalue weighted by Gasteiger charge is 2.22. The molecule has 4 heterocycles. The largest absolute Gasteiger partial charge is 0.361 e. The number of aromatic nitrogens is 2. The van der Waals surface area contributed by atoms with Gasteiger partial charge < -0.3 is 10.2 Å². The predicted molar refractivity (Wildman–Crippen MR) is 110 cm³/mol. The summed E-state index contributed by atoms with van der Waals surface area (Å²) in [5, 5.41) is 6.38. The van der Waals surface area contributed by atoms with Crippen molar-refractivity contribution in [3.63, 3.8) is 0 Å². The van der Waals surface area contributed by atoms with Gasteiger partial charge in [-0.1, -0.05) is 0 Å². The zero-order valence-corrected chi connectivity index (χ0v) is 16.6. The van der Waals surface area contributed by atoms with Gasteiger partial charge in [-0.05, 0) is 51.8 Å². The van der Waals surface area contributed by atoms with Crippen molar-refractivity contribution in [3.8, 4) is 11.4 Å². The maximum absolute atomic E-state index is 12.1. The number of piperidine rings is 1. The molecule has 0 radical (unpaired) electrons. The quantitative estimate of drug-likeness (QED) is 0.844. The molecule has 2 aliphatic rings. The number of nitrogens with zero attached hydrogens (tertiary/aromatic N) is 4.